The lowest BCUT2D eigenvalue weighted by Crippen LogP contribution is -2.42. The van der Waals surface area contributed by atoms with Crippen LogP contribution in [0.25, 0.3) is 0 Å². The number of carbonyl (C=O) groups excluding carboxylic acids is 3. The maximum Gasteiger partial charge on any atom is 0.269 e. The summed E-state index contributed by atoms with van der Waals surface area (Å²) in [4.78, 5) is 34.8. The number of hydrogen-bond acceptors (Lipinski definition) is 5. The van der Waals surface area contributed by atoms with Crippen LogP contribution in [0.5, 0.6) is 11.5 Å². The van der Waals surface area contributed by atoms with Gasteiger partial charge in [-0.3, -0.25) is 25.2 Å². The summed E-state index contributed by atoms with van der Waals surface area (Å²) >= 11 is 0. The average molecular weight is 375 g/mol. The molecule has 2 aromatic rings. The quantitative estimate of drug-likeness (QED) is 0.616. The molecule has 0 radical (unpaired) electrons. The van der Waals surface area contributed by atoms with E-state index in [4.69, 9.17) is 15.2 Å². The zero-order chi connectivity index (χ0) is 19.8. The van der Waals surface area contributed by atoms with Crippen LogP contribution in [0.3, 0.4) is 0 Å². The van der Waals surface area contributed by atoms with E-state index in [-0.39, 0.29) is 30.1 Å². The first-order chi connectivity index (χ1) is 12.9. The fraction of sp³-hybridized carbons (Fsp3) is 0.167. The molecule has 0 atom stereocenters. The Morgan fingerprint density at radius 1 is 1.04 bits per heavy atom. The first-order valence-electron chi connectivity index (χ1n) is 7.82. The fourth-order valence-corrected chi connectivity index (χ4v) is 2.11. The van der Waals surface area contributed by atoms with Crippen molar-refractivity contribution >= 4 is 17.7 Å². The molecular weight excluding hydrogens is 357 g/mol. The van der Waals surface area contributed by atoms with E-state index < -0.39 is 23.5 Å². The lowest BCUT2D eigenvalue weighted by molar-refractivity contribution is -0.121. The smallest absolute Gasteiger partial charge is 0.269 e. The van der Waals surface area contributed by atoms with Gasteiger partial charge in [-0.2, -0.15) is 0 Å². The van der Waals surface area contributed by atoms with Gasteiger partial charge in [0.1, 0.15) is 5.82 Å². The van der Waals surface area contributed by atoms with Gasteiger partial charge in [0.2, 0.25) is 5.91 Å². The molecule has 0 aliphatic rings. The number of hydrazine groups is 1. The normalized spacial score (nSPS) is 10.0. The molecule has 0 aromatic heterocycles. The molecule has 0 spiro atoms. The lowest BCUT2D eigenvalue weighted by atomic mass is 10.1. The minimum atomic E-state index is -0.650. The van der Waals surface area contributed by atoms with Crippen LogP contribution >= 0.6 is 0 Å². The van der Waals surface area contributed by atoms with E-state index in [1.165, 1.54) is 49.6 Å². The van der Waals surface area contributed by atoms with Gasteiger partial charge in [0.05, 0.1) is 13.5 Å². The predicted octanol–water partition coefficient (Wildman–Crippen LogP) is 0.702. The first kappa shape index (κ1) is 19.7. The molecule has 0 saturated heterocycles. The van der Waals surface area contributed by atoms with Crippen molar-refractivity contribution in [2.24, 2.45) is 5.73 Å². The maximum absolute atomic E-state index is 12.8. The summed E-state index contributed by atoms with van der Waals surface area (Å²) < 4.78 is 23.1. The lowest BCUT2D eigenvalue weighted by Gasteiger charge is -2.12. The molecule has 0 bridgehead atoms. The van der Waals surface area contributed by atoms with Crippen LogP contribution in [0.15, 0.2) is 42.5 Å². The minimum absolute atomic E-state index is 0.0240. The highest BCUT2D eigenvalue weighted by atomic mass is 19.1. The van der Waals surface area contributed by atoms with Gasteiger partial charge in [0.25, 0.3) is 11.8 Å². The molecule has 0 fully saturated rings. The second-order valence-electron chi connectivity index (χ2n) is 5.43. The number of rotatable bonds is 7. The minimum Gasteiger partial charge on any atom is -0.493 e. The van der Waals surface area contributed by atoms with Crippen molar-refractivity contribution in [3.05, 3.63) is 59.4 Å². The van der Waals surface area contributed by atoms with Crippen molar-refractivity contribution in [2.75, 3.05) is 13.7 Å². The number of benzene rings is 2. The number of hydrogen-bond donors (Lipinski definition) is 3. The van der Waals surface area contributed by atoms with Gasteiger partial charge in [-0.25, -0.2) is 4.39 Å². The molecule has 27 heavy (non-hydrogen) atoms. The summed E-state index contributed by atoms with van der Waals surface area (Å²) in [5.74, 6) is -1.63. The molecule has 142 valence electrons. The zero-order valence-corrected chi connectivity index (χ0v) is 14.5. The SMILES string of the molecule is COc1cc(C(=O)NNC(=O)Cc2ccc(F)cc2)ccc1OCC(N)=O. The molecule has 0 aliphatic carbocycles. The molecule has 9 heteroatoms. The molecule has 0 saturated carbocycles. The van der Waals surface area contributed by atoms with Gasteiger partial charge < -0.3 is 15.2 Å². The Bertz CT molecular complexity index is 839. The number of ether oxygens (including phenoxy) is 2. The van der Waals surface area contributed by atoms with Gasteiger partial charge in [-0.05, 0) is 35.9 Å². The molecular formula is C18H18FN3O5. The molecule has 4 N–H and O–H groups in total. The Morgan fingerprint density at radius 3 is 2.37 bits per heavy atom. The third-order valence-corrected chi connectivity index (χ3v) is 3.39. The number of amides is 3. The van der Waals surface area contributed by atoms with E-state index >= 15 is 0 Å². The van der Waals surface area contributed by atoms with Crippen LogP contribution in [-0.4, -0.2) is 31.4 Å². The fourth-order valence-electron chi connectivity index (χ4n) is 2.11. The summed E-state index contributed by atoms with van der Waals surface area (Å²) in [5.41, 5.74) is 10.3. The Balaban J connectivity index is 1.93. The summed E-state index contributed by atoms with van der Waals surface area (Å²) in [5, 5.41) is 0. The van der Waals surface area contributed by atoms with E-state index in [2.05, 4.69) is 10.9 Å². The number of halogens is 1. The third-order valence-electron chi connectivity index (χ3n) is 3.39. The van der Waals surface area contributed by atoms with Crippen molar-refractivity contribution in [3.8, 4) is 11.5 Å². The molecule has 2 rings (SSSR count). The topological polar surface area (TPSA) is 120 Å². The second kappa shape index (κ2) is 9.18. The molecule has 3 amide bonds. The highest BCUT2D eigenvalue weighted by Crippen LogP contribution is 2.27. The Labute approximate surface area is 154 Å². The largest absolute Gasteiger partial charge is 0.493 e. The van der Waals surface area contributed by atoms with Gasteiger partial charge >= 0.3 is 0 Å². The molecule has 0 heterocycles. The maximum atomic E-state index is 12.8. The van der Waals surface area contributed by atoms with Crippen LogP contribution in [0, 0.1) is 5.82 Å². The highest BCUT2D eigenvalue weighted by Gasteiger charge is 2.13. The van der Waals surface area contributed by atoms with E-state index in [0.29, 0.717) is 5.56 Å². The number of nitrogens with one attached hydrogen (secondary N) is 2. The van der Waals surface area contributed by atoms with Gasteiger partial charge in [-0.1, -0.05) is 12.1 Å². The van der Waals surface area contributed by atoms with Crippen molar-refractivity contribution < 1.29 is 28.2 Å². The zero-order valence-electron chi connectivity index (χ0n) is 14.5. The monoisotopic (exact) mass is 375 g/mol. The molecule has 2 aromatic carbocycles. The number of methoxy groups -OCH3 is 1. The highest BCUT2D eigenvalue weighted by molar-refractivity contribution is 5.96. The second-order valence-corrected chi connectivity index (χ2v) is 5.43. The molecule has 8 nitrogen and oxygen atoms in total. The van der Waals surface area contributed by atoms with E-state index in [1.54, 1.807) is 0 Å². The molecule has 0 unspecified atom stereocenters. The standard InChI is InChI=1S/C18H18FN3O5/c1-26-15-9-12(4-7-14(15)27-10-16(20)23)18(25)22-21-17(24)8-11-2-5-13(19)6-3-11/h2-7,9H,8,10H2,1H3,(H2,20,23)(H,21,24)(H,22,25). The van der Waals surface area contributed by atoms with Crippen LogP contribution in [-0.2, 0) is 16.0 Å². The molecule has 0 aliphatic heterocycles. The van der Waals surface area contributed by atoms with Crippen LogP contribution in [0.2, 0.25) is 0 Å². The Hall–Kier alpha value is -3.62. The average Bonchev–Trinajstić information content (AvgIpc) is 2.66. The van der Waals surface area contributed by atoms with Crippen molar-refractivity contribution in [1.82, 2.24) is 10.9 Å². The van der Waals surface area contributed by atoms with Crippen LogP contribution in [0.4, 0.5) is 4.39 Å². The summed E-state index contributed by atoms with van der Waals surface area (Å²) in [7, 11) is 1.37. The van der Waals surface area contributed by atoms with Crippen molar-refractivity contribution in [3.63, 3.8) is 0 Å². The van der Waals surface area contributed by atoms with E-state index in [0.717, 1.165) is 0 Å². The summed E-state index contributed by atoms with van der Waals surface area (Å²) in [6, 6.07) is 9.71. The van der Waals surface area contributed by atoms with Gasteiger partial charge in [0, 0.05) is 5.56 Å². The van der Waals surface area contributed by atoms with E-state index in [1.807, 2.05) is 0 Å². The predicted molar refractivity (Wildman–Crippen MR) is 93.4 cm³/mol. The van der Waals surface area contributed by atoms with Crippen LogP contribution < -0.4 is 26.1 Å². The van der Waals surface area contributed by atoms with E-state index in [9.17, 15) is 18.8 Å². The summed E-state index contributed by atoms with van der Waals surface area (Å²) in [6.45, 7) is -0.332. The number of primary amides is 1. The number of nitrogens with two attached hydrogens (primary N) is 1. The van der Waals surface area contributed by atoms with Gasteiger partial charge in [-0.15, -0.1) is 0 Å². The van der Waals surface area contributed by atoms with Crippen molar-refractivity contribution in [1.29, 1.82) is 0 Å². The van der Waals surface area contributed by atoms with Crippen molar-refractivity contribution in [2.45, 2.75) is 6.42 Å². The Morgan fingerprint density at radius 2 is 1.74 bits per heavy atom. The number of carbonyl (C=O) groups is 3. The van der Waals surface area contributed by atoms with Crippen LogP contribution in [0.1, 0.15) is 15.9 Å². The Kier molecular flexibility index (Phi) is 6.70. The summed E-state index contributed by atoms with van der Waals surface area (Å²) in [6.07, 6.45) is -0.0240. The first-order valence-corrected chi connectivity index (χ1v) is 7.82. The third kappa shape index (κ3) is 5.99. The van der Waals surface area contributed by atoms with Gasteiger partial charge in [0.15, 0.2) is 18.1 Å².